The first-order valence-corrected chi connectivity index (χ1v) is 14.1. The number of halogens is 3. The Kier molecular flexibility index (Phi) is 7.30. The van der Waals surface area contributed by atoms with Crippen molar-refractivity contribution in [3.63, 3.8) is 0 Å². The lowest BCUT2D eigenvalue weighted by Crippen LogP contribution is -2.35. The van der Waals surface area contributed by atoms with Gasteiger partial charge >= 0.3 is 6.18 Å². The number of aliphatic hydroxyl groups is 2. The van der Waals surface area contributed by atoms with E-state index in [-0.39, 0.29) is 12.0 Å². The summed E-state index contributed by atoms with van der Waals surface area (Å²) in [4.78, 5) is 18.6. The lowest BCUT2D eigenvalue weighted by molar-refractivity contribution is -0.137. The molecule has 4 aromatic rings. The van der Waals surface area contributed by atoms with Gasteiger partial charge in [-0.25, -0.2) is 15.0 Å². The quantitative estimate of drug-likeness (QED) is 0.248. The minimum absolute atomic E-state index is 0.0755. The molecule has 3 N–H and O–H groups in total. The normalized spacial score (nSPS) is 23.7. The van der Waals surface area contributed by atoms with Crippen molar-refractivity contribution in [3.05, 3.63) is 53.9 Å². The van der Waals surface area contributed by atoms with E-state index in [0.717, 1.165) is 54.7 Å². The number of nitrogens with one attached hydrogen (secondary N) is 1. The summed E-state index contributed by atoms with van der Waals surface area (Å²) >= 11 is 0. The molecule has 11 heteroatoms. The number of aromatic amines is 1. The van der Waals surface area contributed by atoms with Crippen LogP contribution in [0, 0.1) is 11.8 Å². The van der Waals surface area contributed by atoms with E-state index < -0.39 is 23.9 Å². The summed E-state index contributed by atoms with van der Waals surface area (Å²) in [6.45, 7) is 1.45. The minimum Gasteiger partial charge on any atom is -0.390 e. The smallest absolute Gasteiger partial charge is 0.390 e. The van der Waals surface area contributed by atoms with Crippen LogP contribution in [0.2, 0.25) is 0 Å². The summed E-state index contributed by atoms with van der Waals surface area (Å²) in [7, 11) is 2.01. The number of unbranched alkanes of at least 4 members (excludes halogenated alkanes) is 1. The maximum Gasteiger partial charge on any atom is 0.416 e. The van der Waals surface area contributed by atoms with E-state index in [1.165, 1.54) is 18.9 Å². The number of fused-ring (bicyclic) bond motifs is 2. The number of rotatable bonds is 10. The number of aliphatic hydroxyl groups excluding tert-OH is 2. The fraction of sp³-hybridized carbons (Fsp3) is 0.552. The van der Waals surface area contributed by atoms with Crippen LogP contribution in [-0.4, -0.2) is 72.0 Å². The molecule has 1 aromatic carbocycles. The van der Waals surface area contributed by atoms with Gasteiger partial charge in [-0.05, 0) is 82.3 Å². The monoisotopic (exact) mass is 556 g/mol. The van der Waals surface area contributed by atoms with Crippen LogP contribution in [-0.2, 0) is 19.0 Å². The van der Waals surface area contributed by atoms with E-state index in [1.54, 1.807) is 6.33 Å². The zero-order chi connectivity index (χ0) is 28.0. The number of aromatic nitrogens is 5. The molecule has 0 saturated heterocycles. The number of benzene rings is 1. The second-order valence-electron chi connectivity index (χ2n) is 11.6. The van der Waals surface area contributed by atoms with E-state index in [1.807, 2.05) is 23.9 Å². The highest BCUT2D eigenvalue weighted by atomic mass is 19.4. The summed E-state index contributed by atoms with van der Waals surface area (Å²) in [6, 6.07) is 5.34. The Labute approximate surface area is 230 Å². The lowest BCUT2D eigenvalue weighted by atomic mass is 10.0. The van der Waals surface area contributed by atoms with Crippen molar-refractivity contribution in [2.75, 3.05) is 20.1 Å². The molecule has 214 valence electrons. The molecule has 2 saturated carbocycles. The molecule has 0 amide bonds. The SMILES string of the molecule is CN(CCCCc1nc2ccc(C(F)(F)F)cc2[nH]1)C[C@H]1C[C@@H](n2ccc3c(CC4CC4)ncnc32)[C@H](O)[C@@H]1O. The molecule has 4 atom stereocenters. The van der Waals surface area contributed by atoms with Crippen LogP contribution in [0.15, 0.2) is 36.8 Å². The maximum absolute atomic E-state index is 13.0. The van der Waals surface area contributed by atoms with Gasteiger partial charge in [0.2, 0.25) is 0 Å². The van der Waals surface area contributed by atoms with Crippen LogP contribution in [0.25, 0.3) is 22.1 Å². The second-order valence-corrected chi connectivity index (χ2v) is 11.6. The fourth-order valence-corrected chi connectivity index (χ4v) is 6.13. The van der Waals surface area contributed by atoms with Crippen molar-refractivity contribution in [1.82, 2.24) is 29.4 Å². The second kappa shape index (κ2) is 10.8. The van der Waals surface area contributed by atoms with Gasteiger partial charge in [-0.1, -0.05) is 0 Å². The van der Waals surface area contributed by atoms with Crippen molar-refractivity contribution in [3.8, 4) is 0 Å². The molecule has 40 heavy (non-hydrogen) atoms. The van der Waals surface area contributed by atoms with E-state index in [0.29, 0.717) is 42.2 Å². The highest BCUT2D eigenvalue weighted by Crippen LogP contribution is 2.39. The summed E-state index contributed by atoms with van der Waals surface area (Å²) in [5.41, 5.74) is 2.12. The number of hydrogen-bond acceptors (Lipinski definition) is 6. The molecule has 0 unspecified atom stereocenters. The zero-order valence-electron chi connectivity index (χ0n) is 22.5. The molecule has 3 aromatic heterocycles. The van der Waals surface area contributed by atoms with Gasteiger partial charge in [-0.15, -0.1) is 0 Å². The van der Waals surface area contributed by atoms with Gasteiger partial charge in [-0.3, -0.25) is 0 Å². The van der Waals surface area contributed by atoms with Gasteiger partial charge in [0.1, 0.15) is 23.9 Å². The van der Waals surface area contributed by atoms with Crippen LogP contribution in [0.3, 0.4) is 0 Å². The number of aryl methyl sites for hydroxylation is 1. The first-order valence-electron chi connectivity index (χ1n) is 14.1. The van der Waals surface area contributed by atoms with Crippen LogP contribution in [0.1, 0.15) is 55.2 Å². The number of alkyl halides is 3. The summed E-state index contributed by atoms with van der Waals surface area (Å²) < 4.78 is 40.9. The van der Waals surface area contributed by atoms with Gasteiger partial charge in [-0.2, -0.15) is 13.2 Å². The average Bonchev–Trinajstić information content (AvgIpc) is 3.36. The van der Waals surface area contributed by atoms with Crippen molar-refractivity contribution in [1.29, 1.82) is 0 Å². The highest BCUT2D eigenvalue weighted by Gasteiger charge is 2.43. The van der Waals surface area contributed by atoms with Crippen molar-refractivity contribution in [2.24, 2.45) is 11.8 Å². The van der Waals surface area contributed by atoms with E-state index in [9.17, 15) is 23.4 Å². The summed E-state index contributed by atoms with van der Waals surface area (Å²) in [6.07, 6.45) is 3.94. The van der Waals surface area contributed by atoms with Crippen LogP contribution in [0.5, 0.6) is 0 Å². The molecular formula is C29H35F3N6O2. The molecule has 0 bridgehead atoms. The van der Waals surface area contributed by atoms with Crippen LogP contribution in [0.4, 0.5) is 13.2 Å². The first kappa shape index (κ1) is 27.2. The van der Waals surface area contributed by atoms with E-state index in [2.05, 4.69) is 24.8 Å². The summed E-state index contributed by atoms with van der Waals surface area (Å²) in [5, 5.41) is 22.9. The Hall–Kier alpha value is -3.02. The summed E-state index contributed by atoms with van der Waals surface area (Å²) in [5.74, 6) is 1.32. The third-order valence-electron chi connectivity index (χ3n) is 8.51. The Bertz CT molecular complexity index is 1480. The lowest BCUT2D eigenvalue weighted by Gasteiger charge is -2.23. The topological polar surface area (TPSA) is 103 Å². The predicted octanol–water partition coefficient (Wildman–Crippen LogP) is 4.52. The van der Waals surface area contributed by atoms with Crippen molar-refractivity contribution in [2.45, 2.75) is 69.4 Å². The molecule has 0 aliphatic heterocycles. The third kappa shape index (κ3) is 5.59. The van der Waals surface area contributed by atoms with Gasteiger partial charge in [0.15, 0.2) is 0 Å². The molecule has 2 aliphatic carbocycles. The van der Waals surface area contributed by atoms with E-state index in [4.69, 9.17) is 0 Å². The van der Waals surface area contributed by atoms with Crippen molar-refractivity contribution >= 4 is 22.1 Å². The highest BCUT2D eigenvalue weighted by molar-refractivity contribution is 5.79. The number of nitrogens with zero attached hydrogens (tertiary/aromatic N) is 5. The number of hydrogen-bond donors (Lipinski definition) is 3. The zero-order valence-corrected chi connectivity index (χ0v) is 22.5. The molecule has 6 rings (SSSR count). The predicted molar refractivity (Wildman–Crippen MR) is 145 cm³/mol. The Morgan fingerprint density at radius 2 is 1.93 bits per heavy atom. The molecule has 8 nitrogen and oxygen atoms in total. The average molecular weight is 557 g/mol. The van der Waals surface area contributed by atoms with Crippen LogP contribution < -0.4 is 0 Å². The molecule has 0 radical (unpaired) electrons. The molecule has 2 fully saturated rings. The van der Waals surface area contributed by atoms with Gasteiger partial charge in [0.05, 0.1) is 34.4 Å². The van der Waals surface area contributed by atoms with Gasteiger partial charge in [0.25, 0.3) is 0 Å². The largest absolute Gasteiger partial charge is 0.416 e. The Balaban J connectivity index is 1.01. The third-order valence-corrected chi connectivity index (χ3v) is 8.51. The Morgan fingerprint density at radius 1 is 1.10 bits per heavy atom. The number of imidazole rings is 1. The maximum atomic E-state index is 13.0. The molecular weight excluding hydrogens is 521 g/mol. The minimum atomic E-state index is -4.38. The first-order chi connectivity index (χ1) is 19.2. The fourth-order valence-electron chi connectivity index (χ4n) is 6.13. The van der Waals surface area contributed by atoms with E-state index >= 15 is 0 Å². The molecule has 0 spiro atoms. The standard InChI is InChI=1S/C29H35F3N6O2/c1-37(10-3-2-4-25-35-21-8-7-19(29(30,31)32)14-23(21)36-25)15-18-13-24(27(40)26(18)39)38-11-9-20-22(12-17-5-6-17)33-16-34-28(20)38/h7-9,11,14,16-18,24,26-27,39-40H,2-6,10,12-13,15H2,1H3,(H,35,36)/t18-,24-,26-,27+/m1/s1. The Morgan fingerprint density at radius 3 is 2.70 bits per heavy atom. The van der Waals surface area contributed by atoms with Crippen molar-refractivity contribution < 1.29 is 23.4 Å². The van der Waals surface area contributed by atoms with Gasteiger partial charge in [0, 0.05) is 30.5 Å². The number of H-pyrrole nitrogens is 1. The van der Waals surface area contributed by atoms with Crippen LogP contribution >= 0.6 is 0 Å². The molecule has 2 aliphatic rings. The van der Waals surface area contributed by atoms with Gasteiger partial charge < -0.3 is 24.7 Å². The molecule has 3 heterocycles.